The summed E-state index contributed by atoms with van der Waals surface area (Å²) in [6, 6.07) is 34.6. The SMILES string of the molecule is CCN(c1cncnc1)c1cncc(NC(=O)c2cccc(C)c2)c1.Cc1cccc(C(=O)Nc2cncc(N(C)c3cncnc3)c2)c1.Cc1cccc(C(=O)Nc2cncc(Oc3ccc(C(F)(F)F)nc3)n2)n1.Cc1cccc(C(=O)Nc2cncc(Oc3cncnc3)c2)c1. The summed E-state index contributed by atoms with van der Waals surface area (Å²) in [6.07, 6.45) is 23.2. The molecule has 9 aromatic heterocycles. The van der Waals surface area contributed by atoms with Crippen molar-refractivity contribution in [3.05, 3.63) is 284 Å². The highest BCUT2D eigenvalue weighted by molar-refractivity contribution is 6.06. The number of hydrogen-bond donors (Lipinski definition) is 4. The van der Waals surface area contributed by atoms with Gasteiger partial charge in [0.25, 0.3) is 23.6 Å². The number of hydrogen-bond acceptors (Lipinski definition) is 21. The number of alkyl halides is 3. The minimum Gasteiger partial charge on any atom is -0.452 e. The molecule has 25 nitrogen and oxygen atoms in total. The molecule has 0 aliphatic heterocycles. The number of pyridine rings is 5. The van der Waals surface area contributed by atoms with Crippen LogP contribution in [0.2, 0.25) is 0 Å². The zero-order chi connectivity index (χ0) is 70.1. The molecule has 3 aromatic carbocycles. The summed E-state index contributed by atoms with van der Waals surface area (Å²) in [4.78, 5) is 105. The minimum absolute atomic E-state index is 0.0217. The van der Waals surface area contributed by atoms with Gasteiger partial charge in [0.15, 0.2) is 11.6 Å². The van der Waals surface area contributed by atoms with Crippen LogP contribution in [0.4, 0.5) is 58.8 Å². The van der Waals surface area contributed by atoms with Gasteiger partial charge in [-0.2, -0.15) is 18.2 Å². The number of benzene rings is 3. The van der Waals surface area contributed by atoms with Crippen LogP contribution < -0.4 is 40.5 Å². The van der Waals surface area contributed by atoms with Crippen molar-refractivity contribution in [1.82, 2.24) is 64.8 Å². The van der Waals surface area contributed by atoms with E-state index in [1.807, 2.05) is 111 Å². The molecule has 12 aromatic rings. The normalized spacial score (nSPS) is 10.5. The van der Waals surface area contributed by atoms with E-state index in [9.17, 15) is 32.3 Å². The number of halogens is 3. The van der Waals surface area contributed by atoms with Crippen LogP contribution in [0.5, 0.6) is 23.1 Å². The number of carbonyl (C=O) groups is 4. The second-order valence-corrected chi connectivity index (χ2v) is 21.3. The first-order valence-electron chi connectivity index (χ1n) is 30.0. The van der Waals surface area contributed by atoms with E-state index in [2.05, 4.69) is 86.1 Å². The number of nitrogens with one attached hydrogen (secondary N) is 4. The van der Waals surface area contributed by atoms with E-state index in [0.29, 0.717) is 50.9 Å². The first-order valence-corrected chi connectivity index (χ1v) is 30.0. The fourth-order valence-corrected chi connectivity index (χ4v) is 8.90. The zero-order valence-corrected chi connectivity index (χ0v) is 53.9. The molecule has 0 bridgehead atoms. The minimum atomic E-state index is -4.54. The van der Waals surface area contributed by atoms with Crippen LogP contribution in [0.1, 0.15) is 76.6 Å². The number of rotatable bonds is 17. The lowest BCUT2D eigenvalue weighted by Crippen LogP contribution is -2.17. The highest BCUT2D eigenvalue weighted by Gasteiger charge is 2.32. The molecular formula is C71H62F3N19O6. The maximum atomic E-state index is 12.5. The summed E-state index contributed by atoms with van der Waals surface area (Å²) in [5.74, 6) is 0.0980. The molecule has 0 aliphatic carbocycles. The van der Waals surface area contributed by atoms with E-state index in [1.165, 1.54) is 31.4 Å². The number of nitrogens with zero attached hydrogens (tertiary/aromatic N) is 15. The molecule has 498 valence electrons. The Morgan fingerprint density at radius 2 is 0.899 bits per heavy atom. The maximum absolute atomic E-state index is 12.5. The van der Waals surface area contributed by atoms with Crippen molar-refractivity contribution in [2.75, 3.05) is 44.7 Å². The Labute approximate surface area is 565 Å². The lowest BCUT2D eigenvalue weighted by molar-refractivity contribution is -0.141. The molecular weight excluding hydrogens is 1270 g/mol. The van der Waals surface area contributed by atoms with Gasteiger partial charge in [-0.25, -0.2) is 39.9 Å². The van der Waals surface area contributed by atoms with Gasteiger partial charge in [0, 0.05) is 42.0 Å². The molecule has 0 atom stereocenters. The zero-order valence-electron chi connectivity index (χ0n) is 53.9. The molecule has 4 N–H and O–H groups in total. The second-order valence-electron chi connectivity index (χ2n) is 21.3. The highest BCUT2D eigenvalue weighted by Crippen LogP contribution is 2.31. The number of aryl methyl sites for hydroxylation is 4. The standard InChI is InChI=1S/C19H19N5O.C18H17N5O.C17H12F3N5O2.C17H14N4O2/c1-3-24(18-11-21-13-22-12-18)17-8-16(9-20-10-17)23-19(25)15-6-4-5-14(2)7-15;1-13-4-3-5-14(6-13)18(24)22-15-7-16(9-19-8-15)23(2)17-10-20-12-21-11-17;1-10-3-2-4-12(23-10)16(26)25-14-8-21-9-15(24-14)27-11-5-6-13(22-7-11)17(18,19)20;1-12-3-2-4-13(5-12)17(22)21-14-6-15(8-18-7-14)23-16-9-19-11-20-10-16/h4-13H,3H2,1-2H3,(H,23,25);3-12H,1-2H3,(H,22,24);2-9H,1H3,(H,24,25,26);2-11H,1H3,(H,21,22). The molecule has 0 saturated carbocycles. The smallest absolute Gasteiger partial charge is 0.433 e. The molecule has 99 heavy (non-hydrogen) atoms. The van der Waals surface area contributed by atoms with E-state index in [0.717, 1.165) is 64.3 Å². The quantitative estimate of drug-likeness (QED) is 0.0658. The van der Waals surface area contributed by atoms with E-state index >= 15 is 0 Å². The summed E-state index contributed by atoms with van der Waals surface area (Å²) in [5.41, 5.74) is 9.99. The summed E-state index contributed by atoms with van der Waals surface area (Å²) in [5, 5.41) is 11.1. The molecule has 0 fully saturated rings. The van der Waals surface area contributed by atoms with Gasteiger partial charge >= 0.3 is 6.18 Å². The Balaban J connectivity index is 0.000000154. The van der Waals surface area contributed by atoms with Crippen LogP contribution in [0.3, 0.4) is 0 Å². The van der Waals surface area contributed by atoms with Crippen LogP contribution in [0, 0.1) is 27.7 Å². The fraction of sp³-hybridized carbons (Fsp3) is 0.113. The van der Waals surface area contributed by atoms with Gasteiger partial charge in [0.2, 0.25) is 5.88 Å². The van der Waals surface area contributed by atoms with Crippen molar-refractivity contribution in [3.63, 3.8) is 0 Å². The van der Waals surface area contributed by atoms with Crippen molar-refractivity contribution >= 4 is 69.3 Å². The van der Waals surface area contributed by atoms with Crippen LogP contribution in [-0.2, 0) is 6.18 Å². The lowest BCUT2D eigenvalue weighted by atomic mass is 10.1. The predicted molar refractivity (Wildman–Crippen MR) is 365 cm³/mol. The average molecular weight is 1330 g/mol. The summed E-state index contributed by atoms with van der Waals surface area (Å²) < 4.78 is 48.5. The molecule has 28 heteroatoms. The molecule has 0 unspecified atom stereocenters. The third-order valence-corrected chi connectivity index (χ3v) is 13.6. The first-order chi connectivity index (χ1) is 47.8. The third-order valence-electron chi connectivity index (χ3n) is 13.6. The topological polar surface area (TPSA) is 309 Å². The van der Waals surface area contributed by atoms with Crippen molar-refractivity contribution in [2.45, 2.75) is 40.8 Å². The lowest BCUT2D eigenvalue weighted by Gasteiger charge is -2.22. The first kappa shape index (κ1) is 69.9. The van der Waals surface area contributed by atoms with Gasteiger partial charge in [-0.1, -0.05) is 59.2 Å². The molecule has 0 spiro atoms. The van der Waals surface area contributed by atoms with Crippen LogP contribution in [0.15, 0.2) is 233 Å². The Bertz CT molecular complexity index is 4690. The van der Waals surface area contributed by atoms with Gasteiger partial charge in [0.1, 0.15) is 41.9 Å². The van der Waals surface area contributed by atoms with Crippen LogP contribution in [0.25, 0.3) is 0 Å². The fourth-order valence-electron chi connectivity index (χ4n) is 8.90. The van der Waals surface area contributed by atoms with Gasteiger partial charge in [0.05, 0.1) is 133 Å². The molecule has 0 saturated heterocycles. The van der Waals surface area contributed by atoms with Crippen LogP contribution in [-0.4, -0.2) is 102 Å². The maximum Gasteiger partial charge on any atom is 0.433 e. The van der Waals surface area contributed by atoms with E-state index in [1.54, 1.807) is 124 Å². The van der Waals surface area contributed by atoms with E-state index < -0.39 is 17.8 Å². The highest BCUT2D eigenvalue weighted by atomic mass is 19.4. The third kappa shape index (κ3) is 21.3. The number of carbonyl (C=O) groups excluding carboxylic acids is 4. The largest absolute Gasteiger partial charge is 0.452 e. The molecule has 12 rings (SSSR count). The van der Waals surface area contributed by atoms with Gasteiger partial charge in [-0.05, 0) is 107 Å². The van der Waals surface area contributed by atoms with Crippen molar-refractivity contribution in [1.29, 1.82) is 0 Å². The van der Waals surface area contributed by atoms with Gasteiger partial charge in [-0.3, -0.25) is 39.1 Å². The Kier molecular flexibility index (Phi) is 24.1. The predicted octanol–water partition coefficient (Wildman–Crippen LogP) is 13.7. The Hall–Kier alpha value is -13.4. The van der Waals surface area contributed by atoms with Gasteiger partial charge < -0.3 is 40.5 Å². The number of anilines is 8. The Morgan fingerprint density at radius 3 is 1.41 bits per heavy atom. The van der Waals surface area contributed by atoms with E-state index in [-0.39, 0.29) is 40.9 Å². The number of aromatic nitrogens is 13. The van der Waals surface area contributed by atoms with Gasteiger partial charge in [-0.15, -0.1) is 0 Å². The summed E-state index contributed by atoms with van der Waals surface area (Å²) in [7, 11) is 1.89. The summed E-state index contributed by atoms with van der Waals surface area (Å²) in [6.45, 7) is 10.4. The molecule has 0 aliphatic rings. The number of amides is 4. The van der Waals surface area contributed by atoms with Crippen molar-refractivity contribution in [2.24, 2.45) is 0 Å². The second kappa shape index (κ2) is 34.1. The van der Waals surface area contributed by atoms with Crippen LogP contribution >= 0.6 is 0 Å². The molecule has 4 amide bonds. The van der Waals surface area contributed by atoms with Crippen molar-refractivity contribution in [3.8, 4) is 23.1 Å². The molecule has 0 radical (unpaired) electrons. The van der Waals surface area contributed by atoms with E-state index in [4.69, 9.17) is 9.47 Å². The Morgan fingerprint density at radius 1 is 0.424 bits per heavy atom. The average Bonchev–Trinajstić information content (AvgIpc) is 0.916. The molecule has 9 heterocycles. The monoisotopic (exact) mass is 1330 g/mol. The number of ether oxygens (including phenoxy) is 2. The summed E-state index contributed by atoms with van der Waals surface area (Å²) >= 11 is 0. The van der Waals surface area contributed by atoms with Crippen molar-refractivity contribution < 1.29 is 41.8 Å².